The molecule has 0 unspecified atom stereocenters. The number of nitrogens with zero attached hydrogens (tertiary/aromatic N) is 2. The summed E-state index contributed by atoms with van der Waals surface area (Å²) in [6.45, 7) is 2.27. The molecule has 1 amide bonds. The maximum atomic E-state index is 12.7. The summed E-state index contributed by atoms with van der Waals surface area (Å²) in [6.07, 6.45) is 3.32. The zero-order valence-electron chi connectivity index (χ0n) is 14.3. The molecule has 1 aromatic carbocycles. The lowest BCUT2D eigenvalue weighted by atomic mass is 10.1. The van der Waals surface area contributed by atoms with Crippen molar-refractivity contribution in [2.45, 2.75) is 13.5 Å². The Labute approximate surface area is 150 Å². The molecule has 3 aromatic heterocycles. The Morgan fingerprint density at radius 1 is 1.08 bits per heavy atom. The minimum Gasteiger partial charge on any atom is -0.463 e. The van der Waals surface area contributed by atoms with Gasteiger partial charge in [-0.3, -0.25) is 14.8 Å². The quantitative estimate of drug-likeness (QED) is 0.605. The molecule has 5 heteroatoms. The topological polar surface area (TPSA) is 68.0 Å². The Morgan fingerprint density at radius 2 is 2.00 bits per heavy atom. The van der Waals surface area contributed by atoms with Crippen LogP contribution < -0.4 is 5.32 Å². The molecule has 0 aliphatic carbocycles. The molecule has 0 aliphatic rings. The number of nitrogens with one attached hydrogen (secondary N) is 1. The summed E-state index contributed by atoms with van der Waals surface area (Å²) in [5.41, 5.74) is 3.77. The third-order valence-corrected chi connectivity index (χ3v) is 4.19. The van der Waals surface area contributed by atoms with E-state index in [1.165, 1.54) is 0 Å². The number of hydrogen-bond donors (Lipinski definition) is 1. The van der Waals surface area contributed by atoms with E-state index in [0.717, 1.165) is 22.3 Å². The van der Waals surface area contributed by atoms with Crippen LogP contribution in [0.25, 0.3) is 22.4 Å². The van der Waals surface area contributed by atoms with E-state index in [9.17, 15) is 4.79 Å². The Balaban J connectivity index is 1.60. The van der Waals surface area contributed by atoms with Gasteiger partial charge in [0.05, 0.1) is 17.3 Å². The fourth-order valence-corrected chi connectivity index (χ4v) is 2.92. The molecule has 0 fully saturated rings. The molecule has 0 atom stereocenters. The number of carbonyl (C=O) groups is 1. The van der Waals surface area contributed by atoms with Crippen LogP contribution in [0, 0.1) is 6.92 Å². The first-order valence-electron chi connectivity index (χ1n) is 8.35. The van der Waals surface area contributed by atoms with E-state index in [0.29, 0.717) is 23.4 Å². The van der Waals surface area contributed by atoms with E-state index in [2.05, 4.69) is 15.3 Å². The molecule has 5 nitrogen and oxygen atoms in total. The second-order valence-electron chi connectivity index (χ2n) is 6.00. The number of amides is 1. The van der Waals surface area contributed by atoms with Crippen molar-refractivity contribution in [1.82, 2.24) is 15.3 Å². The van der Waals surface area contributed by atoms with Crippen LogP contribution in [0.1, 0.15) is 21.6 Å². The maximum absolute atomic E-state index is 12.7. The van der Waals surface area contributed by atoms with Crippen LogP contribution >= 0.6 is 0 Å². The van der Waals surface area contributed by atoms with E-state index in [4.69, 9.17) is 4.42 Å². The van der Waals surface area contributed by atoms with E-state index < -0.39 is 0 Å². The number of pyridine rings is 2. The fraction of sp³-hybridized carbons (Fsp3) is 0.0952. The van der Waals surface area contributed by atoms with Crippen LogP contribution in [-0.4, -0.2) is 15.9 Å². The Bertz CT molecular complexity index is 1070. The molecule has 0 saturated carbocycles. The molecule has 1 N–H and O–H groups in total. The smallest absolute Gasteiger partial charge is 0.253 e. The number of aromatic nitrogens is 2. The predicted octanol–water partition coefficient (Wildman–Crippen LogP) is 4.13. The molecule has 128 valence electrons. The Kier molecular flexibility index (Phi) is 4.19. The monoisotopic (exact) mass is 343 g/mol. The second-order valence-corrected chi connectivity index (χ2v) is 6.00. The minimum absolute atomic E-state index is 0.164. The largest absolute Gasteiger partial charge is 0.463 e. The summed E-state index contributed by atoms with van der Waals surface area (Å²) in [7, 11) is 0. The van der Waals surface area contributed by atoms with Crippen molar-refractivity contribution in [3.8, 4) is 11.5 Å². The zero-order valence-corrected chi connectivity index (χ0v) is 14.3. The molecule has 3 heterocycles. The van der Waals surface area contributed by atoms with Crippen LogP contribution in [0.15, 0.2) is 71.5 Å². The third-order valence-electron chi connectivity index (χ3n) is 4.19. The van der Waals surface area contributed by atoms with E-state index in [1.807, 2.05) is 55.5 Å². The molecular weight excluding hydrogens is 326 g/mol. The van der Waals surface area contributed by atoms with Crippen LogP contribution in [0.4, 0.5) is 0 Å². The fourth-order valence-electron chi connectivity index (χ4n) is 2.92. The van der Waals surface area contributed by atoms with Gasteiger partial charge in [0.15, 0.2) is 5.76 Å². The number of benzene rings is 1. The number of fused-ring (bicyclic) bond motifs is 1. The molecule has 0 saturated heterocycles. The first-order valence-corrected chi connectivity index (χ1v) is 8.35. The summed E-state index contributed by atoms with van der Waals surface area (Å²) in [4.78, 5) is 21.6. The summed E-state index contributed by atoms with van der Waals surface area (Å²) in [5.74, 6) is 0.514. The summed E-state index contributed by atoms with van der Waals surface area (Å²) in [5, 5.41) is 3.91. The molecule has 0 aliphatic heterocycles. The lowest BCUT2D eigenvalue weighted by Crippen LogP contribution is -2.23. The normalized spacial score (nSPS) is 10.8. The lowest BCUT2D eigenvalue weighted by Gasteiger charge is -2.10. The summed E-state index contributed by atoms with van der Waals surface area (Å²) in [6, 6.07) is 17.0. The highest BCUT2D eigenvalue weighted by molar-refractivity contribution is 6.05. The van der Waals surface area contributed by atoms with Gasteiger partial charge in [-0.2, -0.15) is 0 Å². The second kappa shape index (κ2) is 6.80. The van der Waals surface area contributed by atoms with E-state index in [-0.39, 0.29) is 5.91 Å². The average Bonchev–Trinajstić information content (AvgIpc) is 3.20. The molecule has 4 rings (SSSR count). The third kappa shape index (κ3) is 3.07. The highest BCUT2D eigenvalue weighted by Crippen LogP contribution is 2.22. The van der Waals surface area contributed by atoms with Gasteiger partial charge in [0, 0.05) is 29.4 Å². The van der Waals surface area contributed by atoms with Gasteiger partial charge in [0.1, 0.15) is 5.69 Å². The molecular formula is C21H17N3O2. The first kappa shape index (κ1) is 16.0. The van der Waals surface area contributed by atoms with Crippen molar-refractivity contribution in [3.63, 3.8) is 0 Å². The van der Waals surface area contributed by atoms with Gasteiger partial charge >= 0.3 is 0 Å². The average molecular weight is 343 g/mol. The molecule has 4 aromatic rings. The van der Waals surface area contributed by atoms with Gasteiger partial charge in [-0.1, -0.05) is 24.3 Å². The SMILES string of the molecule is Cc1ccc2cccc(C(=O)NCc3cccnc3-c3ccco3)c2n1. The molecule has 0 radical (unpaired) electrons. The number of aryl methyl sites for hydroxylation is 1. The van der Waals surface area contributed by atoms with Crippen molar-refractivity contribution in [2.75, 3.05) is 0 Å². The van der Waals surface area contributed by atoms with Crippen molar-refractivity contribution in [3.05, 3.63) is 83.9 Å². The minimum atomic E-state index is -0.164. The van der Waals surface area contributed by atoms with Crippen LogP contribution in [0.3, 0.4) is 0 Å². The number of rotatable bonds is 4. The summed E-state index contributed by atoms with van der Waals surface area (Å²) >= 11 is 0. The Morgan fingerprint density at radius 3 is 2.85 bits per heavy atom. The lowest BCUT2D eigenvalue weighted by molar-refractivity contribution is 0.0952. The van der Waals surface area contributed by atoms with Crippen molar-refractivity contribution < 1.29 is 9.21 Å². The van der Waals surface area contributed by atoms with Gasteiger partial charge in [-0.05, 0) is 37.3 Å². The van der Waals surface area contributed by atoms with Gasteiger partial charge in [0.2, 0.25) is 0 Å². The predicted molar refractivity (Wildman–Crippen MR) is 99.6 cm³/mol. The van der Waals surface area contributed by atoms with Gasteiger partial charge in [-0.15, -0.1) is 0 Å². The highest BCUT2D eigenvalue weighted by Gasteiger charge is 2.13. The van der Waals surface area contributed by atoms with Gasteiger partial charge in [-0.25, -0.2) is 0 Å². The standard InChI is InChI=1S/C21H17N3O2/c1-14-9-10-15-5-2-7-17(19(15)24-14)21(25)23-13-16-6-3-11-22-20(16)18-8-4-12-26-18/h2-12H,13H2,1H3,(H,23,25). The number of carbonyl (C=O) groups excluding carboxylic acids is 1. The van der Waals surface area contributed by atoms with Crippen LogP contribution in [0.2, 0.25) is 0 Å². The zero-order chi connectivity index (χ0) is 17.9. The van der Waals surface area contributed by atoms with E-state index in [1.54, 1.807) is 18.5 Å². The van der Waals surface area contributed by atoms with Crippen LogP contribution in [0.5, 0.6) is 0 Å². The van der Waals surface area contributed by atoms with Crippen LogP contribution in [-0.2, 0) is 6.54 Å². The van der Waals surface area contributed by atoms with Crippen molar-refractivity contribution in [2.24, 2.45) is 0 Å². The van der Waals surface area contributed by atoms with Gasteiger partial charge < -0.3 is 9.73 Å². The number of hydrogen-bond acceptors (Lipinski definition) is 4. The van der Waals surface area contributed by atoms with Crippen molar-refractivity contribution >= 4 is 16.8 Å². The Hall–Kier alpha value is -3.47. The molecule has 0 spiro atoms. The summed E-state index contributed by atoms with van der Waals surface area (Å²) < 4.78 is 5.44. The molecule has 26 heavy (non-hydrogen) atoms. The van der Waals surface area contributed by atoms with Crippen molar-refractivity contribution in [1.29, 1.82) is 0 Å². The highest BCUT2D eigenvalue weighted by atomic mass is 16.3. The first-order chi connectivity index (χ1) is 12.7. The number of para-hydroxylation sites is 1. The maximum Gasteiger partial charge on any atom is 0.253 e. The number of furan rings is 1. The van der Waals surface area contributed by atoms with E-state index >= 15 is 0 Å². The van der Waals surface area contributed by atoms with Gasteiger partial charge in [0.25, 0.3) is 5.91 Å². The molecule has 0 bridgehead atoms.